The van der Waals surface area contributed by atoms with Gasteiger partial charge in [0.1, 0.15) is 5.75 Å². The zero-order valence-electron chi connectivity index (χ0n) is 11.0. The number of nitro groups is 1. The fourth-order valence-corrected chi connectivity index (χ4v) is 1.58. The standard InChI is InChI=1S/C14H9FN2O5/c15-11-7-10(17(20)21)2-3-13(11)22-12-5-6-16-8-9(12)1-4-14(18)19/h1-8H,(H,18,19)/b4-1+. The Morgan fingerprint density at radius 3 is 2.77 bits per heavy atom. The van der Waals surface area contributed by atoms with Crippen LogP contribution in [0.3, 0.4) is 0 Å². The van der Waals surface area contributed by atoms with Crippen LogP contribution in [0.2, 0.25) is 0 Å². The van der Waals surface area contributed by atoms with Crippen LogP contribution in [-0.4, -0.2) is 21.0 Å². The number of ether oxygens (including phenoxy) is 1. The van der Waals surface area contributed by atoms with Crippen molar-refractivity contribution in [1.29, 1.82) is 0 Å². The molecule has 7 nitrogen and oxygen atoms in total. The predicted molar refractivity (Wildman–Crippen MR) is 74.0 cm³/mol. The molecule has 0 aliphatic rings. The second-order valence-corrected chi connectivity index (χ2v) is 4.06. The Kier molecular flexibility index (Phi) is 4.42. The molecule has 0 aliphatic carbocycles. The van der Waals surface area contributed by atoms with Gasteiger partial charge in [0.05, 0.1) is 11.0 Å². The Hall–Kier alpha value is -3.29. The third kappa shape index (κ3) is 3.63. The van der Waals surface area contributed by atoms with Gasteiger partial charge in [-0.2, -0.15) is 0 Å². The maximum Gasteiger partial charge on any atom is 0.328 e. The number of nitrogens with zero attached hydrogens (tertiary/aromatic N) is 2. The number of aliphatic carboxylic acids is 1. The van der Waals surface area contributed by atoms with E-state index in [1.165, 1.54) is 24.5 Å². The number of carboxylic acids is 1. The van der Waals surface area contributed by atoms with E-state index in [9.17, 15) is 19.3 Å². The van der Waals surface area contributed by atoms with Crippen LogP contribution in [0, 0.1) is 15.9 Å². The van der Waals surface area contributed by atoms with Gasteiger partial charge in [-0.15, -0.1) is 0 Å². The molecule has 0 radical (unpaired) electrons. The van der Waals surface area contributed by atoms with Gasteiger partial charge in [0.2, 0.25) is 0 Å². The number of carboxylic acid groups (broad SMARTS) is 1. The van der Waals surface area contributed by atoms with Crippen molar-refractivity contribution in [3.8, 4) is 11.5 Å². The fraction of sp³-hybridized carbons (Fsp3) is 0. The maximum absolute atomic E-state index is 13.8. The van der Waals surface area contributed by atoms with E-state index in [0.717, 1.165) is 24.3 Å². The molecule has 1 heterocycles. The van der Waals surface area contributed by atoms with Gasteiger partial charge in [-0.25, -0.2) is 9.18 Å². The van der Waals surface area contributed by atoms with Crippen molar-refractivity contribution in [2.75, 3.05) is 0 Å². The number of halogens is 1. The Bertz CT molecular complexity index is 761. The van der Waals surface area contributed by atoms with E-state index in [-0.39, 0.29) is 11.5 Å². The summed E-state index contributed by atoms with van der Waals surface area (Å²) in [5, 5.41) is 19.2. The molecular formula is C14H9FN2O5. The second-order valence-electron chi connectivity index (χ2n) is 4.06. The number of carbonyl (C=O) groups is 1. The van der Waals surface area contributed by atoms with E-state index in [4.69, 9.17) is 9.84 Å². The first-order valence-electron chi connectivity index (χ1n) is 5.94. The average Bonchev–Trinajstić information content (AvgIpc) is 2.48. The number of rotatable bonds is 5. The van der Waals surface area contributed by atoms with Gasteiger partial charge < -0.3 is 9.84 Å². The minimum Gasteiger partial charge on any atom is -0.478 e. The van der Waals surface area contributed by atoms with Gasteiger partial charge in [0.15, 0.2) is 11.6 Å². The summed E-state index contributed by atoms with van der Waals surface area (Å²) in [7, 11) is 0. The quantitative estimate of drug-likeness (QED) is 0.517. The highest BCUT2D eigenvalue weighted by Gasteiger charge is 2.13. The lowest BCUT2D eigenvalue weighted by Gasteiger charge is -2.08. The molecule has 1 aromatic carbocycles. The molecule has 2 rings (SSSR count). The molecule has 0 aliphatic heterocycles. The van der Waals surface area contributed by atoms with Crippen LogP contribution in [-0.2, 0) is 4.79 Å². The lowest BCUT2D eigenvalue weighted by molar-refractivity contribution is -0.385. The number of nitro benzene ring substituents is 1. The first-order chi connectivity index (χ1) is 10.5. The monoisotopic (exact) mass is 304 g/mol. The van der Waals surface area contributed by atoms with Crippen molar-refractivity contribution in [3.05, 3.63) is 64.2 Å². The lowest BCUT2D eigenvalue weighted by Crippen LogP contribution is -1.94. The van der Waals surface area contributed by atoms with Crippen LogP contribution in [0.5, 0.6) is 11.5 Å². The topological polar surface area (TPSA) is 103 Å². The van der Waals surface area contributed by atoms with E-state index in [1.807, 2.05) is 0 Å². The summed E-state index contributed by atoms with van der Waals surface area (Å²) in [6.07, 6.45) is 4.86. The maximum atomic E-state index is 13.8. The van der Waals surface area contributed by atoms with E-state index < -0.39 is 22.4 Å². The molecule has 112 valence electrons. The summed E-state index contributed by atoms with van der Waals surface area (Å²) >= 11 is 0. The molecule has 1 aromatic heterocycles. The Balaban J connectivity index is 2.31. The SMILES string of the molecule is O=C(O)/C=C/c1cnccc1Oc1ccc([N+](=O)[O-])cc1F. The number of hydrogen-bond donors (Lipinski definition) is 1. The number of aromatic nitrogens is 1. The van der Waals surface area contributed by atoms with Crippen molar-refractivity contribution < 1.29 is 24.0 Å². The Labute approximate surface area is 123 Å². The average molecular weight is 304 g/mol. The normalized spacial score (nSPS) is 10.6. The molecule has 8 heteroatoms. The van der Waals surface area contributed by atoms with Gasteiger partial charge in [-0.1, -0.05) is 0 Å². The van der Waals surface area contributed by atoms with Gasteiger partial charge in [-0.05, 0) is 18.2 Å². The van der Waals surface area contributed by atoms with Gasteiger partial charge in [0.25, 0.3) is 5.69 Å². The Morgan fingerprint density at radius 2 is 2.14 bits per heavy atom. The third-order valence-corrected chi connectivity index (χ3v) is 2.56. The van der Waals surface area contributed by atoms with Crippen molar-refractivity contribution in [2.45, 2.75) is 0 Å². The summed E-state index contributed by atoms with van der Waals surface area (Å²) in [6, 6.07) is 4.39. The van der Waals surface area contributed by atoms with Crippen molar-refractivity contribution >= 4 is 17.7 Å². The molecular weight excluding hydrogens is 295 g/mol. The highest BCUT2D eigenvalue weighted by Crippen LogP contribution is 2.29. The molecule has 0 amide bonds. The largest absolute Gasteiger partial charge is 0.478 e. The number of benzene rings is 1. The highest BCUT2D eigenvalue weighted by molar-refractivity contribution is 5.85. The van der Waals surface area contributed by atoms with Crippen LogP contribution in [0.15, 0.2) is 42.7 Å². The van der Waals surface area contributed by atoms with E-state index >= 15 is 0 Å². The molecule has 0 fully saturated rings. The third-order valence-electron chi connectivity index (χ3n) is 2.56. The van der Waals surface area contributed by atoms with Crippen LogP contribution >= 0.6 is 0 Å². The lowest BCUT2D eigenvalue weighted by atomic mass is 10.2. The number of non-ortho nitro benzene ring substituents is 1. The summed E-state index contributed by atoms with van der Waals surface area (Å²) in [4.78, 5) is 24.2. The zero-order chi connectivity index (χ0) is 16.1. The van der Waals surface area contributed by atoms with Gasteiger partial charge in [0, 0.05) is 30.1 Å². The van der Waals surface area contributed by atoms with Crippen molar-refractivity contribution in [3.63, 3.8) is 0 Å². The van der Waals surface area contributed by atoms with E-state index in [0.29, 0.717) is 5.56 Å². The molecule has 1 N–H and O–H groups in total. The molecule has 0 bridgehead atoms. The minimum atomic E-state index is -1.16. The van der Waals surface area contributed by atoms with E-state index in [2.05, 4.69) is 4.98 Å². The summed E-state index contributed by atoms with van der Waals surface area (Å²) in [5.41, 5.74) is -0.0757. The molecule has 0 atom stereocenters. The fourth-order valence-electron chi connectivity index (χ4n) is 1.58. The van der Waals surface area contributed by atoms with Crippen molar-refractivity contribution in [1.82, 2.24) is 4.98 Å². The molecule has 0 saturated heterocycles. The summed E-state index contributed by atoms with van der Waals surface area (Å²) in [6.45, 7) is 0. The van der Waals surface area contributed by atoms with Crippen LogP contribution < -0.4 is 4.74 Å². The van der Waals surface area contributed by atoms with Crippen LogP contribution in [0.25, 0.3) is 6.08 Å². The predicted octanol–water partition coefficient (Wildman–Crippen LogP) is 3.02. The van der Waals surface area contributed by atoms with E-state index in [1.54, 1.807) is 0 Å². The zero-order valence-corrected chi connectivity index (χ0v) is 11.0. The summed E-state index contributed by atoms with van der Waals surface area (Å²) in [5.74, 6) is -2.11. The number of hydrogen-bond acceptors (Lipinski definition) is 5. The smallest absolute Gasteiger partial charge is 0.328 e. The van der Waals surface area contributed by atoms with Gasteiger partial charge in [-0.3, -0.25) is 15.1 Å². The Morgan fingerprint density at radius 1 is 1.36 bits per heavy atom. The van der Waals surface area contributed by atoms with Gasteiger partial charge >= 0.3 is 5.97 Å². The van der Waals surface area contributed by atoms with Crippen LogP contribution in [0.4, 0.5) is 10.1 Å². The first-order valence-corrected chi connectivity index (χ1v) is 5.94. The van der Waals surface area contributed by atoms with Crippen molar-refractivity contribution in [2.24, 2.45) is 0 Å². The molecule has 0 saturated carbocycles. The first kappa shape index (κ1) is 15.1. The molecule has 2 aromatic rings. The molecule has 22 heavy (non-hydrogen) atoms. The summed E-state index contributed by atoms with van der Waals surface area (Å²) < 4.78 is 19.1. The second kappa shape index (κ2) is 6.44. The highest BCUT2D eigenvalue weighted by atomic mass is 19.1. The molecule has 0 unspecified atom stereocenters. The minimum absolute atomic E-state index is 0.167. The van der Waals surface area contributed by atoms with Crippen LogP contribution in [0.1, 0.15) is 5.56 Å². The number of pyridine rings is 1. The molecule has 0 spiro atoms.